The monoisotopic (exact) mass is 271 g/mol. The van der Waals surface area contributed by atoms with E-state index >= 15 is 0 Å². The topological polar surface area (TPSA) is 53.4 Å². The van der Waals surface area contributed by atoms with Gasteiger partial charge in [0.1, 0.15) is 0 Å². The van der Waals surface area contributed by atoms with Gasteiger partial charge in [0.15, 0.2) is 0 Å². The molecule has 0 unspecified atom stereocenters. The largest absolute Gasteiger partial charge is 0.450 e. The smallest absolute Gasteiger partial charge is 0.328 e. The highest BCUT2D eigenvalue weighted by Gasteiger charge is 2.50. The molecule has 1 N–H and O–H groups in total. The van der Waals surface area contributed by atoms with E-state index in [1.54, 1.807) is 6.20 Å². The van der Waals surface area contributed by atoms with Gasteiger partial charge in [-0.2, -0.15) is 0 Å². The number of nitrogens with zero attached hydrogens (tertiary/aromatic N) is 2. The zero-order valence-electron chi connectivity index (χ0n) is 12.3. The van der Waals surface area contributed by atoms with Crippen molar-refractivity contribution in [3.8, 4) is 0 Å². The molecule has 1 saturated carbocycles. The molecule has 2 aliphatic rings. The van der Waals surface area contributed by atoms with E-state index in [1.165, 1.54) is 6.42 Å². The van der Waals surface area contributed by atoms with Crippen molar-refractivity contribution in [3.05, 3.63) is 18.0 Å². The number of carbonyl (C=O) groups excluding carboxylic acids is 1. The number of fused-ring (bicyclic) bond motifs is 1. The van der Waals surface area contributed by atoms with E-state index in [4.69, 9.17) is 0 Å². The van der Waals surface area contributed by atoms with Crippen molar-refractivity contribution in [2.24, 2.45) is 5.92 Å². The van der Waals surface area contributed by atoms with Crippen LogP contribution in [0.25, 0.3) is 0 Å². The maximum Gasteiger partial charge on any atom is 0.328 e. The Labute approximate surface area is 120 Å². The summed E-state index contributed by atoms with van der Waals surface area (Å²) in [6.45, 7) is 6.06. The highest BCUT2D eigenvalue weighted by atomic mass is 16.2. The lowest BCUT2D eigenvalue weighted by Gasteiger charge is -2.41. The molecule has 1 fully saturated rings. The van der Waals surface area contributed by atoms with E-state index in [0.717, 1.165) is 37.6 Å². The molecule has 1 aliphatic heterocycles. The van der Waals surface area contributed by atoms with Crippen molar-refractivity contribution in [1.29, 1.82) is 0 Å². The first-order valence-corrected chi connectivity index (χ1v) is 7.30. The fourth-order valence-corrected chi connectivity index (χ4v) is 3.32. The average molecular weight is 271 g/mol. The Morgan fingerprint density at radius 1 is 1.50 bits per heavy atom. The number of hydrogen-bond donors (Lipinski definition) is 1. The number of aromatic nitrogens is 1. The van der Waals surface area contributed by atoms with Crippen LogP contribution in [0.2, 0.25) is 0 Å². The Balaban J connectivity index is 1.99. The van der Waals surface area contributed by atoms with Crippen molar-refractivity contribution in [2.75, 3.05) is 4.90 Å². The summed E-state index contributed by atoms with van der Waals surface area (Å²) in [5.74, 6) is 0.871. The predicted molar refractivity (Wildman–Crippen MR) is 79.2 cm³/mol. The fourth-order valence-electron chi connectivity index (χ4n) is 3.32. The lowest BCUT2D eigenvalue weighted by Crippen LogP contribution is -2.49. The minimum atomic E-state index is -0.569. The van der Waals surface area contributed by atoms with E-state index in [9.17, 15) is 9.82 Å². The molecule has 1 aromatic heterocycles. The van der Waals surface area contributed by atoms with E-state index < -0.39 is 5.41 Å². The summed E-state index contributed by atoms with van der Waals surface area (Å²) in [7, 11) is 1.04. The first kappa shape index (κ1) is 13.6. The molecule has 1 aliphatic carbocycles. The van der Waals surface area contributed by atoms with Crippen LogP contribution in [0.3, 0.4) is 0 Å². The van der Waals surface area contributed by atoms with E-state index in [1.807, 2.05) is 24.8 Å². The zero-order chi connectivity index (χ0) is 14.5. The summed E-state index contributed by atoms with van der Waals surface area (Å²) in [5, 5.41) is 9.17. The summed E-state index contributed by atoms with van der Waals surface area (Å²) >= 11 is 0. The predicted octanol–water partition coefficient (Wildman–Crippen LogP) is 1.13. The molecule has 0 atom stereocenters. The number of rotatable bonds is 3. The number of carbonyl (C=O) groups is 1. The third-order valence-electron chi connectivity index (χ3n) is 4.80. The third-order valence-corrected chi connectivity index (χ3v) is 4.80. The van der Waals surface area contributed by atoms with Gasteiger partial charge in [0, 0.05) is 12.2 Å². The minimum Gasteiger partial charge on any atom is -0.450 e. The molecule has 5 heteroatoms. The quantitative estimate of drug-likeness (QED) is 0.838. The summed E-state index contributed by atoms with van der Waals surface area (Å²) < 4.78 is 0. The fraction of sp³-hybridized carbons (Fsp3) is 0.600. The molecule has 0 saturated heterocycles. The first-order chi connectivity index (χ1) is 9.48. The molecule has 0 bridgehead atoms. The second kappa shape index (κ2) is 4.59. The van der Waals surface area contributed by atoms with Crippen LogP contribution in [0, 0.1) is 5.92 Å². The molecular formula is C15H20BN2O2. The maximum atomic E-state index is 12.7. The summed E-state index contributed by atoms with van der Waals surface area (Å²) in [6.07, 6.45) is 4.94. The van der Waals surface area contributed by atoms with Gasteiger partial charge < -0.3 is 9.92 Å². The number of hydrogen-bond acceptors (Lipinski definition) is 3. The number of anilines is 1. The molecule has 3 rings (SSSR count). The van der Waals surface area contributed by atoms with Gasteiger partial charge in [-0.25, -0.2) is 0 Å². The van der Waals surface area contributed by atoms with Gasteiger partial charge in [-0.15, -0.1) is 0 Å². The molecule has 2 heterocycles. The molecule has 20 heavy (non-hydrogen) atoms. The van der Waals surface area contributed by atoms with Crippen LogP contribution in [0.15, 0.2) is 12.3 Å². The second-order valence-corrected chi connectivity index (χ2v) is 6.47. The van der Waals surface area contributed by atoms with Crippen LogP contribution in [-0.4, -0.2) is 29.4 Å². The Hall–Kier alpha value is -1.36. The number of amides is 1. The molecular weight excluding hydrogens is 251 g/mol. The molecule has 1 amide bonds. The second-order valence-electron chi connectivity index (χ2n) is 6.47. The standard InChI is InChI=1S/C15H20BN2O2/c1-4-9-5-11(6-9)18-12-7-10(16-20)8-17-13(12)15(2,3)14(18)19/h7-9,11,20H,4-6H2,1-3H3. The van der Waals surface area contributed by atoms with Gasteiger partial charge in [-0.1, -0.05) is 13.3 Å². The van der Waals surface area contributed by atoms with E-state index in [-0.39, 0.29) is 5.91 Å². The summed E-state index contributed by atoms with van der Waals surface area (Å²) in [5.41, 5.74) is 1.78. The van der Waals surface area contributed by atoms with Crippen molar-refractivity contribution in [3.63, 3.8) is 0 Å². The van der Waals surface area contributed by atoms with Gasteiger partial charge in [0.2, 0.25) is 5.91 Å². The Morgan fingerprint density at radius 2 is 2.20 bits per heavy atom. The SMILES string of the molecule is CCC1CC(N2C(=O)C(C)(C)c3ncc([B]O)cc32)C1. The van der Waals surface area contributed by atoms with Crippen LogP contribution < -0.4 is 10.4 Å². The van der Waals surface area contributed by atoms with Crippen LogP contribution in [-0.2, 0) is 10.2 Å². The van der Waals surface area contributed by atoms with E-state index in [2.05, 4.69) is 11.9 Å². The van der Waals surface area contributed by atoms with Crippen LogP contribution >= 0.6 is 0 Å². The maximum absolute atomic E-state index is 12.7. The summed E-state index contributed by atoms with van der Waals surface area (Å²) in [4.78, 5) is 19.1. The van der Waals surface area contributed by atoms with Gasteiger partial charge in [-0.3, -0.25) is 9.78 Å². The molecule has 4 nitrogen and oxygen atoms in total. The highest BCUT2D eigenvalue weighted by Crippen LogP contribution is 2.45. The van der Waals surface area contributed by atoms with Crippen LogP contribution in [0.4, 0.5) is 5.69 Å². The normalized spacial score (nSPS) is 27.2. The number of pyridine rings is 1. The van der Waals surface area contributed by atoms with Gasteiger partial charge in [-0.05, 0) is 44.1 Å². The molecule has 105 valence electrons. The molecule has 0 spiro atoms. The lowest BCUT2D eigenvalue weighted by atomic mass is 9.77. The third kappa shape index (κ3) is 1.79. The van der Waals surface area contributed by atoms with Gasteiger partial charge in [0.05, 0.1) is 16.8 Å². The van der Waals surface area contributed by atoms with Crippen molar-refractivity contribution >= 4 is 24.5 Å². The van der Waals surface area contributed by atoms with Crippen LogP contribution in [0.1, 0.15) is 45.7 Å². The van der Waals surface area contributed by atoms with Crippen LogP contribution in [0.5, 0.6) is 0 Å². The van der Waals surface area contributed by atoms with E-state index in [0.29, 0.717) is 11.5 Å². The lowest BCUT2D eigenvalue weighted by molar-refractivity contribution is -0.123. The molecule has 1 aromatic rings. The first-order valence-electron chi connectivity index (χ1n) is 7.30. The Kier molecular flexibility index (Phi) is 3.12. The van der Waals surface area contributed by atoms with Crippen molar-refractivity contribution < 1.29 is 9.82 Å². The van der Waals surface area contributed by atoms with Crippen molar-refractivity contribution in [2.45, 2.75) is 51.5 Å². The molecule has 1 radical (unpaired) electrons. The van der Waals surface area contributed by atoms with Gasteiger partial charge >= 0.3 is 7.48 Å². The van der Waals surface area contributed by atoms with Crippen molar-refractivity contribution in [1.82, 2.24) is 4.98 Å². The highest BCUT2D eigenvalue weighted by molar-refractivity contribution is 6.45. The van der Waals surface area contributed by atoms with Gasteiger partial charge in [0.25, 0.3) is 0 Å². The average Bonchev–Trinajstić information content (AvgIpc) is 2.58. The molecule has 0 aromatic carbocycles. The minimum absolute atomic E-state index is 0.134. The Bertz CT molecular complexity index is 553. The Morgan fingerprint density at radius 3 is 2.80 bits per heavy atom. The summed E-state index contributed by atoms with van der Waals surface area (Å²) in [6, 6.07) is 2.16. The zero-order valence-corrected chi connectivity index (χ0v) is 12.3.